The summed E-state index contributed by atoms with van der Waals surface area (Å²) in [7, 11) is 6.90. The summed E-state index contributed by atoms with van der Waals surface area (Å²) in [6.07, 6.45) is 0.765. The van der Waals surface area contributed by atoms with Crippen molar-refractivity contribution in [1.82, 2.24) is 19.9 Å². The molecular weight excluding hydrogens is 426 g/mol. The van der Waals surface area contributed by atoms with Gasteiger partial charge in [-0.3, -0.25) is 9.69 Å². The molecule has 3 rings (SSSR count). The molecule has 0 fully saturated rings. The second-order valence-corrected chi connectivity index (χ2v) is 8.32. The van der Waals surface area contributed by atoms with Crippen molar-refractivity contribution in [2.45, 2.75) is 13.3 Å². The van der Waals surface area contributed by atoms with Crippen LogP contribution in [-0.4, -0.2) is 67.2 Å². The van der Waals surface area contributed by atoms with Crippen molar-refractivity contribution in [1.29, 1.82) is 0 Å². The lowest BCUT2D eigenvalue weighted by atomic mass is 10.2. The van der Waals surface area contributed by atoms with Crippen LogP contribution in [0.25, 0.3) is 10.2 Å². The van der Waals surface area contributed by atoms with Gasteiger partial charge in [-0.15, -0.1) is 0 Å². The molecule has 0 aliphatic heterocycles. The number of anilines is 1. The monoisotopic (exact) mass is 449 g/mol. The molecule has 1 amide bonds. The largest absolute Gasteiger partial charge is 0.481 e. The van der Waals surface area contributed by atoms with Gasteiger partial charge in [-0.2, -0.15) is 9.97 Å². The SMILES string of the molecule is COc1cc(C(=O)N(CCCN(C)C)c2nc3c(C)ccc(Cl)c3s2)nc(OC)n1. The second-order valence-electron chi connectivity index (χ2n) is 6.93. The van der Waals surface area contributed by atoms with E-state index in [-0.39, 0.29) is 23.5 Å². The summed E-state index contributed by atoms with van der Waals surface area (Å²) in [6.45, 7) is 3.27. The van der Waals surface area contributed by atoms with E-state index in [1.54, 1.807) is 4.90 Å². The minimum Gasteiger partial charge on any atom is -0.481 e. The molecule has 8 nitrogen and oxygen atoms in total. The second kappa shape index (κ2) is 9.55. The van der Waals surface area contributed by atoms with E-state index in [1.807, 2.05) is 33.2 Å². The Bertz CT molecular complexity index is 995. The smallest absolute Gasteiger partial charge is 0.320 e. The van der Waals surface area contributed by atoms with E-state index >= 15 is 0 Å². The maximum absolute atomic E-state index is 13.4. The molecular formula is C20H24ClN5O3S. The lowest BCUT2D eigenvalue weighted by Crippen LogP contribution is -2.34. The van der Waals surface area contributed by atoms with Gasteiger partial charge in [0.05, 0.1) is 29.5 Å². The van der Waals surface area contributed by atoms with Crippen molar-refractivity contribution < 1.29 is 14.3 Å². The Morgan fingerprint density at radius 2 is 1.90 bits per heavy atom. The Balaban J connectivity index is 2.04. The lowest BCUT2D eigenvalue weighted by molar-refractivity contribution is 0.0979. The van der Waals surface area contributed by atoms with Crippen LogP contribution >= 0.6 is 22.9 Å². The Morgan fingerprint density at radius 1 is 1.13 bits per heavy atom. The first kappa shape index (κ1) is 22.2. The average molecular weight is 450 g/mol. The number of hydrogen-bond donors (Lipinski definition) is 0. The van der Waals surface area contributed by atoms with Crippen LogP contribution in [0.15, 0.2) is 18.2 Å². The molecule has 3 aromatic rings. The summed E-state index contributed by atoms with van der Waals surface area (Å²) in [5.74, 6) is -0.0535. The van der Waals surface area contributed by atoms with Gasteiger partial charge in [0.1, 0.15) is 5.69 Å². The van der Waals surface area contributed by atoms with E-state index in [2.05, 4.69) is 14.9 Å². The highest BCUT2D eigenvalue weighted by atomic mass is 35.5. The molecule has 0 aliphatic carbocycles. The Labute approximate surface area is 184 Å². The highest BCUT2D eigenvalue weighted by Crippen LogP contribution is 2.36. The van der Waals surface area contributed by atoms with E-state index in [0.717, 1.165) is 28.7 Å². The van der Waals surface area contributed by atoms with Crippen LogP contribution in [0.1, 0.15) is 22.5 Å². The third-order valence-electron chi connectivity index (χ3n) is 4.44. The van der Waals surface area contributed by atoms with Gasteiger partial charge in [0.2, 0.25) is 5.88 Å². The molecule has 0 aliphatic rings. The van der Waals surface area contributed by atoms with Crippen molar-refractivity contribution in [2.24, 2.45) is 0 Å². The van der Waals surface area contributed by atoms with E-state index in [9.17, 15) is 4.79 Å². The molecule has 2 heterocycles. The van der Waals surface area contributed by atoms with Crippen molar-refractivity contribution in [3.8, 4) is 11.9 Å². The number of amides is 1. The fourth-order valence-electron chi connectivity index (χ4n) is 2.88. The quantitative estimate of drug-likeness (QED) is 0.519. The van der Waals surface area contributed by atoms with Crippen molar-refractivity contribution in [2.75, 3.05) is 46.3 Å². The number of carbonyl (C=O) groups excluding carboxylic acids is 1. The first-order valence-corrected chi connectivity index (χ1v) is 10.5. The van der Waals surface area contributed by atoms with Crippen LogP contribution in [0.5, 0.6) is 11.9 Å². The predicted octanol–water partition coefficient (Wildman–Crippen LogP) is 3.66. The van der Waals surface area contributed by atoms with Crippen molar-refractivity contribution in [3.05, 3.63) is 34.5 Å². The molecule has 0 bridgehead atoms. The zero-order chi connectivity index (χ0) is 21.8. The van der Waals surface area contributed by atoms with Crippen molar-refractivity contribution in [3.63, 3.8) is 0 Å². The maximum Gasteiger partial charge on any atom is 0.320 e. The van der Waals surface area contributed by atoms with Crippen LogP contribution in [0.4, 0.5) is 5.13 Å². The number of rotatable bonds is 8. The molecule has 0 atom stereocenters. The number of hydrogen-bond acceptors (Lipinski definition) is 8. The fourth-order valence-corrected chi connectivity index (χ4v) is 4.22. The molecule has 30 heavy (non-hydrogen) atoms. The minimum atomic E-state index is -0.305. The normalized spacial score (nSPS) is 11.2. The van der Waals surface area contributed by atoms with Crippen LogP contribution in [0.3, 0.4) is 0 Å². The molecule has 0 saturated carbocycles. The Hall–Kier alpha value is -2.49. The van der Waals surface area contributed by atoms with Gasteiger partial charge in [-0.05, 0) is 45.6 Å². The Kier molecular flexibility index (Phi) is 7.06. The molecule has 1 aromatic carbocycles. The summed E-state index contributed by atoms with van der Waals surface area (Å²) >= 11 is 7.77. The van der Waals surface area contributed by atoms with Gasteiger partial charge in [0.15, 0.2) is 5.13 Å². The van der Waals surface area contributed by atoms with E-state index in [1.165, 1.54) is 31.6 Å². The third kappa shape index (κ3) is 4.80. The number of halogens is 1. The molecule has 0 radical (unpaired) electrons. The number of fused-ring (bicyclic) bond motifs is 1. The number of benzene rings is 1. The van der Waals surface area contributed by atoms with Gasteiger partial charge in [0.25, 0.3) is 5.91 Å². The highest BCUT2D eigenvalue weighted by molar-refractivity contribution is 7.23. The molecule has 2 aromatic heterocycles. The number of aromatic nitrogens is 3. The molecule has 10 heteroatoms. The molecule has 0 spiro atoms. The third-order valence-corrected chi connectivity index (χ3v) is 5.98. The zero-order valence-electron chi connectivity index (χ0n) is 17.6. The van der Waals surface area contributed by atoms with Crippen LogP contribution in [0, 0.1) is 6.92 Å². The number of methoxy groups -OCH3 is 2. The summed E-state index contributed by atoms with van der Waals surface area (Å²) in [4.78, 5) is 30.1. The van der Waals surface area contributed by atoms with Crippen LogP contribution in [-0.2, 0) is 0 Å². The fraction of sp³-hybridized carbons (Fsp3) is 0.400. The predicted molar refractivity (Wildman–Crippen MR) is 119 cm³/mol. The van der Waals surface area contributed by atoms with E-state index in [0.29, 0.717) is 16.7 Å². The Morgan fingerprint density at radius 3 is 2.53 bits per heavy atom. The number of aryl methyl sites for hydroxylation is 1. The van der Waals surface area contributed by atoms with Gasteiger partial charge in [-0.25, -0.2) is 4.98 Å². The number of ether oxygens (including phenoxy) is 2. The number of carbonyl (C=O) groups is 1. The topological polar surface area (TPSA) is 80.7 Å². The zero-order valence-corrected chi connectivity index (χ0v) is 19.2. The molecule has 160 valence electrons. The first-order valence-electron chi connectivity index (χ1n) is 9.33. The van der Waals surface area contributed by atoms with E-state index in [4.69, 9.17) is 26.1 Å². The van der Waals surface area contributed by atoms with E-state index < -0.39 is 0 Å². The van der Waals surface area contributed by atoms with Crippen LogP contribution in [0.2, 0.25) is 5.02 Å². The first-order chi connectivity index (χ1) is 14.3. The standard InChI is InChI=1S/C20H24ClN5O3S/c1-12-7-8-13(21)17-16(12)24-20(30-17)26(10-6-9-25(2)3)18(27)14-11-15(28-4)23-19(22-14)29-5/h7-8,11H,6,9-10H2,1-5H3. The highest BCUT2D eigenvalue weighted by Gasteiger charge is 2.25. The lowest BCUT2D eigenvalue weighted by Gasteiger charge is -2.21. The number of nitrogens with zero attached hydrogens (tertiary/aromatic N) is 5. The minimum absolute atomic E-state index is 0.0640. The summed E-state index contributed by atoms with van der Waals surface area (Å²) in [5, 5.41) is 1.19. The maximum atomic E-state index is 13.4. The van der Waals surface area contributed by atoms with Crippen molar-refractivity contribution >= 4 is 44.2 Å². The molecule has 0 saturated heterocycles. The molecule has 0 unspecified atom stereocenters. The number of thiazole rings is 1. The van der Waals surface area contributed by atoms with Gasteiger partial charge in [-0.1, -0.05) is 29.0 Å². The van der Waals surface area contributed by atoms with Gasteiger partial charge in [0, 0.05) is 12.6 Å². The summed E-state index contributed by atoms with van der Waals surface area (Å²) in [6, 6.07) is 5.33. The van der Waals surface area contributed by atoms with Gasteiger partial charge >= 0.3 is 6.01 Å². The van der Waals surface area contributed by atoms with Gasteiger partial charge < -0.3 is 14.4 Å². The molecule has 0 N–H and O–H groups in total. The van der Waals surface area contributed by atoms with Crippen LogP contribution < -0.4 is 14.4 Å². The summed E-state index contributed by atoms with van der Waals surface area (Å²) in [5.41, 5.74) is 1.97. The average Bonchev–Trinajstić information content (AvgIpc) is 3.19. The summed E-state index contributed by atoms with van der Waals surface area (Å²) < 4.78 is 11.2.